The third-order valence-electron chi connectivity index (χ3n) is 4.50. The van der Waals surface area contributed by atoms with E-state index in [9.17, 15) is 31.1 Å². The van der Waals surface area contributed by atoms with Gasteiger partial charge in [0.05, 0.1) is 0 Å². The number of benzene rings is 1. The van der Waals surface area contributed by atoms with Gasteiger partial charge < -0.3 is 4.90 Å². The predicted octanol–water partition coefficient (Wildman–Crippen LogP) is 4.66. The summed E-state index contributed by atoms with van der Waals surface area (Å²) in [7, 11) is 0. The molecule has 2 rings (SSSR count). The quantitative estimate of drug-likeness (QED) is 0.551. The molecule has 1 aliphatic rings. The molecule has 0 atom stereocenters. The van der Waals surface area contributed by atoms with E-state index in [4.69, 9.17) is 0 Å². The molecule has 8 heteroatoms. The SMILES string of the molecule is Cc1ccc(/C=C/C(=O)N2CCC(C(F)(F)F)(C(F)(F)F)C2)c(C)c1. The number of carbonyl (C=O) groups excluding carboxylic acids is 1. The number of alkyl halides is 6. The van der Waals surface area contributed by atoms with Crippen LogP contribution in [0.1, 0.15) is 23.1 Å². The summed E-state index contributed by atoms with van der Waals surface area (Å²) >= 11 is 0. The Morgan fingerprint density at radius 2 is 1.72 bits per heavy atom. The third kappa shape index (κ3) is 3.67. The predicted molar refractivity (Wildman–Crippen MR) is 80.7 cm³/mol. The summed E-state index contributed by atoms with van der Waals surface area (Å²) in [5, 5.41) is 0. The molecule has 1 heterocycles. The fourth-order valence-corrected chi connectivity index (χ4v) is 2.90. The van der Waals surface area contributed by atoms with E-state index < -0.39 is 43.2 Å². The van der Waals surface area contributed by atoms with Crippen LogP contribution in [0.3, 0.4) is 0 Å². The van der Waals surface area contributed by atoms with Crippen molar-refractivity contribution in [2.24, 2.45) is 5.41 Å². The van der Waals surface area contributed by atoms with Crippen molar-refractivity contribution in [3.63, 3.8) is 0 Å². The Kier molecular flexibility index (Phi) is 4.94. The summed E-state index contributed by atoms with van der Waals surface area (Å²) in [5.74, 6) is -0.865. The van der Waals surface area contributed by atoms with Crippen molar-refractivity contribution in [3.05, 3.63) is 41.0 Å². The van der Waals surface area contributed by atoms with Gasteiger partial charge in [0.15, 0.2) is 5.41 Å². The molecule has 0 aromatic heterocycles. The first kappa shape index (κ1) is 19.3. The van der Waals surface area contributed by atoms with Gasteiger partial charge in [-0.25, -0.2) is 0 Å². The molecule has 0 bridgehead atoms. The topological polar surface area (TPSA) is 20.3 Å². The van der Waals surface area contributed by atoms with Crippen molar-refractivity contribution in [1.82, 2.24) is 4.90 Å². The lowest BCUT2D eigenvalue weighted by Crippen LogP contribution is -2.52. The first-order valence-electron chi connectivity index (χ1n) is 7.55. The molecule has 1 aromatic carbocycles. The molecule has 0 radical (unpaired) electrons. The van der Waals surface area contributed by atoms with Gasteiger partial charge in [0.25, 0.3) is 0 Å². The van der Waals surface area contributed by atoms with E-state index in [1.54, 1.807) is 19.1 Å². The zero-order valence-corrected chi connectivity index (χ0v) is 13.6. The molecule has 1 aliphatic heterocycles. The van der Waals surface area contributed by atoms with Crippen LogP contribution in [0.25, 0.3) is 6.08 Å². The minimum Gasteiger partial charge on any atom is -0.338 e. The number of halogens is 6. The number of hydrogen-bond acceptors (Lipinski definition) is 1. The second-order valence-corrected chi connectivity index (χ2v) is 6.28. The second-order valence-electron chi connectivity index (χ2n) is 6.28. The molecule has 0 N–H and O–H groups in total. The highest BCUT2D eigenvalue weighted by molar-refractivity contribution is 5.92. The number of likely N-dealkylation sites (tertiary alicyclic amines) is 1. The van der Waals surface area contributed by atoms with Crippen molar-refractivity contribution >= 4 is 12.0 Å². The highest BCUT2D eigenvalue weighted by Gasteiger charge is 2.72. The molecule has 0 aliphatic carbocycles. The van der Waals surface area contributed by atoms with Gasteiger partial charge in [0, 0.05) is 19.2 Å². The molecule has 0 saturated carbocycles. The van der Waals surface area contributed by atoms with Crippen molar-refractivity contribution in [3.8, 4) is 0 Å². The first-order chi connectivity index (χ1) is 11.4. The van der Waals surface area contributed by atoms with Crippen molar-refractivity contribution < 1.29 is 31.1 Å². The molecule has 0 unspecified atom stereocenters. The summed E-state index contributed by atoms with van der Waals surface area (Å²) < 4.78 is 78.1. The zero-order valence-electron chi connectivity index (χ0n) is 13.6. The van der Waals surface area contributed by atoms with Gasteiger partial charge in [-0.05, 0) is 37.5 Å². The third-order valence-corrected chi connectivity index (χ3v) is 4.50. The number of rotatable bonds is 2. The van der Waals surface area contributed by atoms with Crippen LogP contribution >= 0.6 is 0 Å². The molecular weight excluding hydrogens is 348 g/mol. The molecule has 0 spiro atoms. The average Bonchev–Trinajstić information content (AvgIpc) is 2.92. The Hall–Kier alpha value is -1.99. The summed E-state index contributed by atoms with van der Waals surface area (Å²) in [4.78, 5) is 12.6. The molecule has 25 heavy (non-hydrogen) atoms. The molecule has 1 fully saturated rings. The molecular formula is C17H17F6NO. The fraction of sp³-hybridized carbons (Fsp3) is 0.471. The molecule has 1 saturated heterocycles. The molecule has 1 aromatic rings. The van der Waals surface area contributed by atoms with Crippen molar-refractivity contribution in [2.75, 3.05) is 13.1 Å². The van der Waals surface area contributed by atoms with E-state index >= 15 is 0 Å². The van der Waals surface area contributed by atoms with Crippen molar-refractivity contribution in [2.45, 2.75) is 32.6 Å². The van der Waals surface area contributed by atoms with Gasteiger partial charge in [-0.2, -0.15) is 26.3 Å². The van der Waals surface area contributed by atoms with Crippen LogP contribution in [-0.4, -0.2) is 36.2 Å². The number of carbonyl (C=O) groups is 1. The fourth-order valence-electron chi connectivity index (χ4n) is 2.90. The number of nitrogens with zero attached hydrogens (tertiary/aromatic N) is 1. The molecule has 2 nitrogen and oxygen atoms in total. The number of aryl methyl sites for hydroxylation is 2. The van der Waals surface area contributed by atoms with Crippen LogP contribution in [0.2, 0.25) is 0 Å². The van der Waals surface area contributed by atoms with Gasteiger partial charge in [-0.15, -0.1) is 0 Å². The van der Waals surface area contributed by atoms with Crippen LogP contribution in [0.4, 0.5) is 26.3 Å². The monoisotopic (exact) mass is 365 g/mol. The summed E-state index contributed by atoms with van der Waals surface area (Å²) in [5.41, 5.74) is -1.33. The second kappa shape index (κ2) is 6.38. The minimum atomic E-state index is -5.46. The summed E-state index contributed by atoms with van der Waals surface area (Å²) in [6, 6.07) is 5.39. The average molecular weight is 365 g/mol. The summed E-state index contributed by atoms with van der Waals surface area (Å²) in [6.07, 6.45) is -9.68. The zero-order chi connectivity index (χ0) is 19.0. The highest BCUT2D eigenvalue weighted by atomic mass is 19.4. The smallest absolute Gasteiger partial charge is 0.338 e. The maximum Gasteiger partial charge on any atom is 0.404 e. The van der Waals surface area contributed by atoms with E-state index in [1.807, 2.05) is 13.0 Å². The van der Waals surface area contributed by atoms with Gasteiger partial charge in [-0.3, -0.25) is 4.79 Å². The van der Waals surface area contributed by atoms with Crippen LogP contribution in [-0.2, 0) is 4.79 Å². The Balaban J connectivity index is 2.18. The molecule has 1 amide bonds. The summed E-state index contributed by atoms with van der Waals surface area (Å²) in [6.45, 7) is 1.68. The Morgan fingerprint density at radius 3 is 2.20 bits per heavy atom. The number of hydrogen-bond donors (Lipinski definition) is 0. The van der Waals surface area contributed by atoms with E-state index in [0.717, 1.165) is 17.2 Å². The Labute approximate surface area is 141 Å². The lowest BCUT2D eigenvalue weighted by atomic mass is 9.85. The maximum atomic E-state index is 13.0. The van der Waals surface area contributed by atoms with Crippen LogP contribution in [0.15, 0.2) is 24.3 Å². The maximum absolute atomic E-state index is 13.0. The minimum absolute atomic E-state index is 0.588. The first-order valence-corrected chi connectivity index (χ1v) is 7.55. The van der Waals surface area contributed by atoms with E-state index in [2.05, 4.69) is 0 Å². The Bertz CT molecular complexity index is 675. The Morgan fingerprint density at radius 1 is 1.12 bits per heavy atom. The lowest BCUT2D eigenvalue weighted by molar-refractivity contribution is -0.334. The standard InChI is InChI=1S/C17H17F6NO/c1-11-3-4-13(12(2)9-11)5-6-14(25)24-8-7-15(10-24,16(18,19)20)17(21,22)23/h3-6,9H,7-8,10H2,1-2H3/b6-5+. The van der Waals surface area contributed by atoms with Crippen LogP contribution < -0.4 is 0 Å². The van der Waals surface area contributed by atoms with Gasteiger partial charge in [-0.1, -0.05) is 23.8 Å². The van der Waals surface area contributed by atoms with E-state index in [-0.39, 0.29) is 0 Å². The largest absolute Gasteiger partial charge is 0.404 e. The van der Waals surface area contributed by atoms with Gasteiger partial charge >= 0.3 is 12.4 Å². The van der Waals surface area contributed by atoms with Crippen molar-refractivity contribution in [1.29, 1.82) is 0 Å². The number of amides is 1. The lowest BCUT2D eigenvalue weighted by Gasteiger charge is -2.33. The normalized spacial score (nSPS) is 18.2. The van der Waals surface area contributed by atoms with Crippen LogP contribution in [0, 0.1) is 19.3 Å². The van der Waals surface area contributed by atoms with Gasteiger partial charge in [0.1, 0.15) is 0 Å². The molecule has 138 valence electrons. The van der Waals surface area contributed by atoms with Crippen LogP contribution in [0.5, 0.6) is 0 Å². The van der Waals surface area contributed by atoms with E-state index in [0.29, 0.717) is 10.5 Å². The van der Waals surface area contributed by atoms with E-state index in [1.165, 1.54) is 6.08 Å². The highest BCUT2D eigenvalue weighted by Crippen LogP contribution is 2.55. The van der Waals surface area contributed by atoms with Gasteiger partial charge in [0.2, 0.25) is 5.91 Å².